The summed E-state index contributed by atoms with van der Waals surface area (Å²) in [4.78, 5) is 17.1. The molecule has 2 fully saturated rings. The van der Waals surface area contributed by atoms with E-state index in [9.17, 15) is 4.79 Å². The maximum atomic E-state index is 12.8. The normalized spacial score (nSPS) is 21.3. The Morgan fingerprint density at radius 2 is 2.04 bits per heavy atom. The number of rotatable bonds is 6. The Labute approximate surface area is 166 Å². The van der Waals surface area contributed by atoms with E-state index < -0.39 is 0 Å². The zero-order valence-corrected chi connectivity index (χ0v) is 16.7. The molecule has 6 heteroatoms. The number of carbonyl (C=O) groups is 1. The number of amides is 1. The lowest BCUT2D eigenvalue weighted by Crippen LogP contribution is -2.37. The predicted octanol–water partition coefficient (Wildman–Crippen LogP) is 3.15. The van der Waals surface area contributed by atoms with Crippen LogP contribution in [0.3, 0.4) is 0 Å². The minimum absolute atomic E-state index is 0.166. The lowest BCUT2D eigenvalue weighted by atomic mass is 9.90. The van der Waals surface area contributed by atoms with Crippen LogP contribution < -0.4 is 0 Å². The van der Waals surface area contributed by atoms with Crippen molar-refractivity contribution in [1.29, 1.82) is 0 Å². The van der Waals surface area contributed by atoms with E-state index in [2.05, 4.69) is 51.6 Å². The number of nitrogens with zero attached hydrogens (tertiary/aromatic N) is 4. The summed E-state index contributed by atoms with van der Waals surface area (Å²) in [5, 5.41) is 7.68. The van der Waals surface area contributed by atoms with Gasteiger partial charge in [-0.25, -0.2) is 4.63 Å². The fraction of sp³-hybridized carbons (Fsp3) is 0.500. The molecule has 0 N–H and O–H groups in total. The molecule has 1 saturated heterocycles. The number of hydrogen-bond acceptors (Lipinski definition) is 5. The average Bonchev–Trinajstić information content (AvgIpc) is 3.27. The molecule has 1 amide bonds. The van der Waals surface area contributed by atoms with E-state index in [1.807, 2.05) is 20.0 Å². The van der Waals surface area contributed by atoms with Crippen LogP contribution in [-0.2, 0) is 11.3 Å². The number of likely N-dealkylation sites (tertiary alicyclic amines) is 1. The highest BCUT2D eigenvalue weighted by atomic mass is 16.6. The third kappa shape index (κ3) is 4.02. The first-order chi connectivity index (χ1) is 13.6. The number of piperidine rings is 1. The zero-order valence-electron chi connectivity index (χ0n) is 16.7. The molecule has 1 aromatic heterocycles. The van der Waals surface area contributed by atoms with E-state index in [0.717, 1.165) is 50.3 Å². The van der Waals surface area contributed by atoms with Gasteiger partial charge in [-0.3, -0.25) is 9.69 Å². The van der Waals surface area contributed by atoms with Crippen LogP contribution in [0.25, 0.3) is 6.08 Å². The molecular formula is C22H28N4O2. The maximum Gasteiger partial charge on any atom is 0.226 e. The average molecular weight is 380 g/mol. The lowest BCUT2D eigenvalue weighted by Gasteiger charge is -2.32. The van der Waals surface area contributed by atoms with Crippen molar-refractivity contribution in [2.75, 3.05) is 26.7 Å². The molecule has 1 aliphatic carbocycles. The molecule has 0 radical (unpaired) electrons. The van der Waals surface area contributed by atoms with Gasteiger partial charge in [0.25, 0.3) is 0 Å². The molecule has 28 heavy (non-hydrogen) atoms. The third-order valence-electron chi connectivity index (χ3n) is 6.32. The molecule has 2 aliphatic rings. The second kappa shape index (κ2) is 7.87. The van der Waals surface area contributed by atoms with Crippen molar-refractivity contribution in [1.82, 2.24) is 20.1 Å². The fourth-order valence-corrected chi connectivity index (χ4v) is 4.29. The Balaban J connectivity index is 1.24. The van der Waals surface area contributed by atoms with E-state index in [0.29, 0.717) is 6.54 Å². The molecule has 2 aromatic rings. The summed E-state index contributed by atoms with van der Waals surface area (Å²) >= 11 is 0. The van der Waals surface area contributed by atoms with E-state index in [-0.39, 0.29) is 17.2 Å². The number of carbonyl (C=O) groups excluding carboxylic acids is 1. The summed E-state index contributed by atoms with van der Waals surface area (Å²) in [6.45, 7) is 5.43. The minimum atomic E-state index is 0.166. The van der Waals surface area contributed by atoms with Gasteiger partial charge in [-0.05, 0) is 50.3 Å². The second-order valence-corrected chi connectivity index (χ2v) is 8.22. The van der Waals surface area contributed by atoms with Crippen molar-refractivity contribution in [2.24, 2.45) is 11.3 Å². The van der Waals surface area contributed by atoms with Crippen LogP contribution in [0.15, 0.2) is 41.0 Å². The summed E-state index contributed by atoms with van der Waals surface area (Å²) < 4.78 is 4.74. The van der Waals surface area contributed by atoms with E-state index in [1.54, 1.807) is 4.90 Å². The van der Waals surface area contributed by atoms with Crippen molar-refractivity contribution in [2.45, 2.75) is 32.7 Å². The number of aryl methyl sites for hydroxylation is 1. The van der Waals surface area contributed by atoms with Gasteiger partial charge in [0.15, 0.2) is 0 Å². The van der Waals surface area contributed by atoms with Crippen molar-refractivity contribution in [3.8, 4) is 0 Å². The van der Waals surface area contributed by atoms with Crippen LogP contribution >= 0.6 is 0 Å². The van der Waals surface area contributed by atoms with Gasteiger partial charge >= 0.3 is 0 Å². The summed E-state index contributed by atoms with van der Waals surface area (Å²) in [6.07, 6.45) is 7.68. The molecule has 6 nitrogen and oxygen atoms in total. The first kappa shape index (κ1) is 18.9. The molecule has 1 atom stereocenters. The smallest absolute Gasteiger partial charge is 0.226 e. The van der Waals surface area contributed by atoms with Crippen molar-refractivity contribution < 1.29 is 9.42 Å². The van der Waals surface area contributed by atoms with E-state index >= 15 is 0 Å². The Morgan fingerprint density at radius 3 is 2.71 bits per heavy atom. The molecule has 1 saturated carbocycles. The molecular weight excluding hydrogens is 352 g/mol. The fourth-order valence-electron chi connectivity index (χ4n) is 4.29. The van der Waals surface area contributed by atoms with Crippen LogP contribution in [0, 0.1) is 18.3 Å². The number of aromatic nitrogens is 2. The van der Waals surface area contributed by atoms with Gasteiger partial charge in [0, 0.05) is 19.5 Å². The molecule has 0 bridgehead atoms. The standard InChI is InChI=1S/C22H28N4O2/c1-17-20(24-28-23-17)16-25(2)21(27)19-15-22(19)10-13-26(14-11-22)12-6-9-18-7-4-3-5-8-18/h3-9,19H,10-16H2,1-2H3/b9-6+. The largest absolute Gasteiger partial charge is 0.339 e. The van der Waals surface area contributed by atoms with Crippen LogP contribution in [0.2, 0.25) is 0 Å². The second-order valence-electron chi connectivity index (χ2n) is 8.22. The molecule has 1 aromatic carbocycles. The molecule has 1 aliphatic heterocycles. The SMILES string of the molecule is Cc1nonc1CN(C)C(=O)C1CC12CCN(C/C=C/c1ccccc1)CC2. The van der Waals surface area contributed by atoms with Crippen molar-refractivity contribution in [3.63, 3.8) is 0 Å². The van der Waals surface area contributed by atoms with Crippen LogP contribution in [-0.4, -0.2) is 52.7 Å². The van der Waals surface area contributed by atoms with Gasteiger partial charge in [0.1, 0.15) is 11.4 Å². The van der Waals surface area contributed by atoms with Crippen LogP contribution in [0.5, 0.6) is 0 Å². The van der Waals surface area contributed by atoms with Gasteiger partial charge in [0.05, 0.1) is 6.54 Å². The highest BCUT2D eigenvalue weighted by Gasteiger charge is 2.58. The zero-order chi connectivity index (χ0) is 19.6. The monoisotopic (exact) mass is 380 g/mol. The Bertz CT molecular complexity index is 837. The quantitative estimate of drug-likeness (QED) is 0.770. The van der Waals surface area contributed by atoms with Gasteiger partial charge in [-0.15, -0.1) is 0 Å². The number of benzene rings is 1. The maximum absolute atomic E-state index is 12.8. The van der Waals surface area contributed by atoms with Gasteiger partial charge in [-0.1, -0.05) is 52.8 Å². The Hall–Kier alpha value is -2.47. The first-order valence-electron chi connectivity index (χ1n) is 10.0. The number of hydrogen-bond donors (Lipinski definition) is 0. The summed E-state index contributed by atoms with van der Waals surface area (Å²) in [6, 6.07) is 10.4. The summed E-state index contributed by atoms with van der Waals surface area (Å²) in [7, 11) is 1.85. The van der Waals surface area contributed by atoms with Crippen molar-refractivity contribution >= 4 is 12.0 Å². The first-order valence-corrected chi connectivity index (χ1v) is 10.0. The van der Waals surface area contributed by atoms with E-state index in [4.69, 9.17) is 4.63 Å². The van der Waals surface area contributed by atoms with Gasteiger partial charge < -0.3 is 4.90 Å². The van der Waals surface area contributed by atoms with Crippen LogP contribution in [0.4, 0.5) is 0 Å². The molecule has 1 spiro atoms. The predicted molar refractivity (Wildman–Crippen MR) is 107 cm³/mol. The Kier molecular flexibility index (Phi) is 5.31. The summed E-state index contributed by atoms with van der Waals surface area (Å²) in [5.41, 5.74) is 2.96. The molecule has 4 rings (SSSR count). The third-order valence-corrected chi connectivity index (χ3v) is 6.32. The van der Waals surface area contributed by atoms with Gasteiger partial charge in [-0.2, -0.15) is 0 Å². The minimum Gasteiger partial charge on any atom is -0.339 e. The van der Waals surface area contributed by atoms with Crippen molar-refractivity contribution in [3.05, 3.63) is 53.4 Å². The topological polar surface area (TPSA) is 62.5 Å². The highest BCUT2D eigenvalue weighted by Crippen LogP contribution is 2.60. The van der Waals surface area contributed by atoms with Gasteiger partial charge in [0.2, 0.25) is 5.91 Å². The molecule has 1 unspecified atom stereocenters. The summed E-state index contributed by atoms with van der Waals surface area (Å²) in [5.74, 6) is 0.402. The Morgan fingerprint density at radius 1 is 1.29 bits per heavy atom. The molecule has 148 valence electrons. The molecule has 2 heterocycles. The highest BCUT2D eigenvalue weighted by molar-refractivity contribution is 5.82. The van der Waals surface area contributed by atoms with Crippen LogP contribution in [0.1, 0.15) is 36.2 Å². The van der Waals surface area contributed by atoms with E-state index in [1.165, 1.54) is 5.56 Å². The lowest BCUT2D eigenvalue weighted by molar-refractivity contribution is -0.133.